The second-order valence-corrected chi connectivity index (χ2v) is 9.59. The highest BCUT2D eigenvalue weighted by Crippen LogP contribution is 2.41. The lowest BCUT2D eigenvalue weighted by atomic mass is 9.92. The summed E-state index contributed by atoms with van der Waals surface area (Å²) in [5.41, 5.74) is 2.73. The van der Waals surface area contributed by atoms with E-state index in [1.165, 1.54) is 12.1 Å². The van der Waals surface area contributed by atoms with Crippen LogP contribution in [0, 0.1) is 18.3 Å². The van der Waals surface area contributed by atoms with Crippen molar-refractivity contribution in [3.8, 4) is 17.5 Å². The van der Waals surface area contributed by atoms with Crippen molar-refractivity contribution in [1.29, 1.82) is 5.26 Å². The molecule has 11 heteroatoms. The van der Waals surface area contributed by atoms with E-state index in [1.54, 1.807) is 4.72 Å². The highest BCUT2D eigenvalue weighted by atomic mass is 32.2. The molecule has 0 bridgehead atoms. The first-order valence-electron chi connectivity index (χ1n) is 10.00. The van der Waals surface area contributed by atoms with Crippen molar-refractivity contribution in [2.24, 2.45) is 0 Å². The number of fused-ring (bicyclic) bond motifs is 1. The van der Waals surface area contributed by atoms with Crippen molar-refractivity contribution in [2.75, 3.05) is 0 Å². The van der Waals surface area contributed by atoms with Gasteiger partial charge in [0.2, 0.25) is 10.0 Å². The molecular formula is C21H20F3N5O2S. The third-order valence-corrected chi connectivity index (χ3v) is 7.18. The summed E-state index contributed by atoms with van der Waals surface area (Å²) in [5, 5.41) is 10.5. The van der Waals surface area contributed by atoms with Gasteiger partial charge in [0.1, 0.15) is 22.7 Å². The number of halogens is 3. The average Bonchev–Trinajstić information content (AvgIpc) is 2.99. The molecule has 3 aromatic heterocycles. The summed E-state index contributed by atoms with van der Waals surface area (Å²) in [5.74, 6) is 0. The maximum atomic E-state index is 12.8. The van der Waals surface area contributed by atoms with Crippen LogP contribution in [0.3, 0.4) is 0 Å². The number of hydrogen-bond acceptors (Lipinski definition) is 5. The van der Waals surface area contributed by atoms with Crippen molar-refractivity contribution in [3.63, 3.8) is 0 Å². The molecule has 4 rings (SSSR count). The Morgan fingerprint density at radius 1 is 1.25 bits per heavy atom. The fourth-order valence-corrected chi connectivity index (χ4v) is 4.86. The van der Waals surface area contributed by atoms with E-state index in [4.69, 9.17) is 0 Å². The number of aryl methyl sites for hydroxylation is 1. The highest BCUT2D eigenvalue weighted by molar-refractivity contribution is 7.89. The van der Waals surface area contributed by atoms with Gasteiger partial charge in [0.05, 0.1) is 17.0 Å². The molecule has 1 aliphatic carbocycles. The average molecular weight is 463 g/mol. The Bertz CT molecular complexity index is 1320. The summed E-state index contributed by atoms with van der Waals surface area (Å²) in [4.78, 5) is 8.44. The summed E-state index contributed by atoms with van der Waals surface area (Å²) in [6.07, 6.45) is -0.822. The third kappa shape index (κ3) is 3.84. The zero-order chi connectivity index (χ0) is 23.3. The molecule has 1 N–H and O–H groups in total. The molecule has 1 saturated carbocycles. The van der Waals surface area contributed by atoms with Crippen molar-refractivity contribution >= 4 is 21.1 Å². The number of alkyl halides is 3. The molecule has 0 saturated heterocycles. The van der Waals surface area contributed by atoms with Gasteiger partial charge >= 0.3 is 6.18 Å². The molecule has 0 unspecified atom stereocenters. The van der Waals surface area contributed by atoms with Crippen LogP contribution >= 0.6 is 0 Å². The Kier molecular flexibility index (Phi) is 5.46. The SMILES string of the molecule is Cc1ccc2c(C#N)c(-c3ccc(S(=O)(=O)N[C@H](C)C(F)(F)F)cn3)n(C3CCC3)c2n1. The molecule has 32 heavy (non-hydrogen) atoms. The molecule has 0 amide bonds. The van der Waals surface area contributed by atoms with Gasteiger partial charge < -0.3 is 4.57 Å². The maximum absolute atomic E-state index is 12.8. The minimum absolute atomic E-state index is 0.142. The summed E-state index contributed by atoms with van der Waals surface area (Å²) < 4.78 is 66.6. The number of nitrogens with one attached hydrogen (secondary N) is 1. The first-order valence-corrected chi connectivity index (χ1v) is 11.5. The second kappa shape index (κ2) is 7.86. The van der Waals surface area contributed by atoms with E-state index in [-0.39, 0.29) is 6.04 Å². The van der Waals surface area contributed by atoms with Gasteiger partial charge in [-0.2, -0.15) is 23.2 Å². The van der Waals surface area contributed by atoms with Crippen molar-refractivity contribution < 1.29 is 21.6 Å². The number of hydrogen-bond donors (Lipinski definition) is 1. The maximum Gasteiger partial charge on any atom is 0.404 e. The van der Waals surface area contributed by atoms with E-state index in [0.29, 0.717) is 28.0 Å². The van der Waals surface area contributed by atoms with E-state index in [9.17, 15) is 26.9 Å². The minimum atomic E-state index is -4.71. The van der Waals surface area contributed by atoms with Crippen molar-refractivity contribution in [1.82, 2.24) is 19.3 Å². The highest BCUT2D eigenvalue weighted by Gasteiger charge is 2.39. The Morgan fingerprint density at radius 2 is 1.97 bits per heavy atom. The standard InChI is InChI=1S/C21H20F3N5O2S/c1-12-6-8-16-17(10-25)19(29(20(16)27-12)14-4-3-5-14)18-9-7-15(11-26-18)32(30,31)28-13(2)21(22,23)24/h6-9,11,13-14,28H,3-5H2,1-2H3/t13-/m1/s1. The molecule has 7 nitrogen and oxygen atoms in total. The van der Waals surface area contributed by atoms with Crippen LogP contribution in [0.1, 0.15) is 43.5 Å². The van der Waals surface area contributed by atoms with E-state index >= 15 is 0 Å². The number of nitriles is 1. The molecule has 1 aliphatic rings. The molecule has 3 aromatic rings. The predicted molar refractivity (Wildman–Crippen MR) is 111 cm³/mol. The largest absolute Gasteiger partial charge is 0.404 e. The molecule has 0 aliphatic heterocycles. The quantitative estimate of drug-likeness (QED) is 0.610. The van der Waals surface area contributed by atoms with Gasteiger partial charge in [0.15, 0.2) is 0 Å². The van der Waals surface area contributed by atoms with Crippen LogP contribution in [-0.4, -0.2) is 35.2 Å². The van der Waals surface area contributed by atoms with Crippen LogP contribution in [0.25, 0.3) is 22.4 Å². The molecule has 1 atom stereocenters. The van der Waals surface area contributed by atoms with Crippen LogP contribution < -0.4 is 4.72 Å². The summed E-state index contributed by atoms with van der Waals surface area (Å²) in [7, 11) is -4.42. The zero-order valence-corrected chi connectivity index (χ0v) is 18.1. The summed E-state index contributed by atoms with van der Waals surface area (Å²) in [6, 6.07) is 6.35. The van der Waals surface area contributed by atoms with Gasteiger partial charge in [0.25, 0.3) is 0 Å². The van der Waals surface area contributed by atoms with Crippen LogP contribution in [0.15, 0.2) is 35.4 Å². The zero-order valence-electron chi connectivity index (χ0n) is 17.3. The molecule has 168 valence electrons. The van der Waals surface area contributed by atoms with Gasteiger partial charge in [-0.3, -0.25) is 4.98 Å². The number of pyridine rings is 2. The first kappa shape index (κ1) is 22.2. The topological polar surface area (TPSA) is 101 Å². The van der Waals surface area contributed by atoms with Crippen LogP contribution in [0.5, 0.6) is 0 Å². The van der Waals surface area contributed by atoms with E-state index < -0.39 is 27.1 Å². The van der Waals surface area contributed by atoms with Gasteiger partial charge in [0, 0.05) is 23.3 Å². The first-order chi connectivity index (χ1) is 15.0. The van der Waals surface area contributed by atoms with Crippen LogP contribution in [-0.2, 0) is 10.0 Å². The van der Waals surface area contributed by atoms with Gasteiger partial charge in [-0.1, -0.05) is 0 Å². The summed E-state index contributed by atoms with van der Waals surface area (Å²) in [6.45, 7) is 2.58. The molecule has 0 radical (unpaired) electrons. The number of rotatable bonds is 5. The molecule has 1 fully saturated rings. The Hall–Kier alpha value is -2.97. The minimum Gasteiger partial charge on any atom is -0.320 e. The van der Waals surface area contributed by atoms with Crippen molar-refractivity contribution in [2.45, 2.75) is 56.3 Å². The van der Waals surface area contributed by atoms with E-state index in [0.717, 1.165) is 38.1 Å². The fraction of sp³-hybridized carbons (Fsp3) is 0.381. The van der Waals surface area contributed by atoms with Crippen molar-refractivity contribution in [3.05, 3.63) is 41.7 Å². The number of sulfonamides is 1. The predicted octanol–water partition coefficient (Wildman–Crippen LogP) is 4.23. The Labute approximate surface area is 183 Å². The second-order valence-electron chi connectivity index (χ2n) is 7.88. The Balaban J connectivity index is 1.80. The molecule has 3 heterocycles. The van der Waals surface area contributed by atoms with Gasteiger partial charge in [-0.05, 0) is 57.4 Å². The summed E-state index contributed by atoms with van der Waals surface area (Å²) >= 11 is 0. The third-order valence-electron chi connectivity index (χ3n) is 5.65. The van der Waals surface area contributed by atoms with Crippen LogP contribution in [0.4, 0.5) is 13.2 Å². The molecular weight excluding hydrogens is 443 g/mol. The monoisotopic (exact) mass is 463 g/mol. The number of nitrogens with zero attached hydrogens (tertiary/aromatic N) is 4. The van der Waals surface area contributed by atoms with E-state index in [2.05, 4.69) is 16.0 Å². The lowest BCUT2D eigenvalue weighted by molar-refractivity contribution is -0.147. The van der Waals surface area contributed by atoms with Gasteiger partial charge in [-0.15, -0.1) is 0 Å². The fourth-order valence-electron chi connectivity index (χ4n) is 3.69. The van der Waals surface area contributed by atoms with Crippen LogP contribution in [0.2, 0.25) is 0 Å². The number of aromatic nitrogens is 3. The lowest BCUT2D eigenvalue weighted by Crippen LogP contribution is -2.42. The van der Waals surface area contributed by atoms with Gasteiger partial charge in [-0.25, -0.2) is 13.4 Å². The molecule has 0 spiro atoms. The Morgan fingerprint density at radius 3 is 2.50 bits per heavy atom. The normalized spacial score (nSPS) is 16.0. The molecule has 0 aromatic carbocycles. The smallest absolute Gasteiger partial charge is 0.320 e. The lowest BCUT2D eigenvalue weighted by Gasteiger charge is -2.29. The van der Waals surface area contributed by atoms with E-state index in [1.807, 2.05) is 23.6 Å².